The van der Waals surface area contributed by atoms with Crippen LogP contribution in [-0.4, -0.2) is 57.2 Å². The van der Waals surface area contributed by atoms with Gasteiger partial charge in [-0.3, -0.25) is 9.69 Å². The second kappa shape index (κ2) is 9.17. The molecule has 1 aliphatic rings. The summed E-state index contributed by atoms with van der Waals surface area (Å²) in [6.45, 7) is 5.24. The van der Waals surface area contributed by atoms with Crippen LogP contribution < -0.4 is 19.7 Å². The van der Waals surface area contributed by atoms with Gasteiger partial charge in [0.2, 0.25) is 5.91 Å². The maximum absolute atomic E-state index is 12.7. The Morgan fingerprint density at radius 3 is 2.50 bits per heavy atom. The van der Waals surface area contributed by atoms with Gasteiger partial charge < -0.3 is 19.7 Å². The lowest BCUT2D eigenvalue weighted by atomic mass is 10.2. The lowest BCUT2D eigenvalue weighted by molar-refractivity contribution is -0.120. The van der Waals surface area contributed by atoms with Crippen LogP contribution in [0.2, 0.25) is 5.02 Å². The van der Waals surface area contributed by atoms with Crippen molar-refractivity contribution in [3.8, 4) is 11.5 Å². The molecule has 2 aromatic carbocycles. The zero-order valence-corrected chi connectivity index (χ0v) is 17.2. The van der Waals surface area contributed by atoms with Crippen molar-refractivity contribution in [1.82, 2.24) is 4.90 Å². The summed E-state index contributed by atoms with van der Waals surface area (Å²) in [6, 6.07) is 13.0. The molecule has 6 nitrogen and oxygen atoms in total. The van der Waals surface area contributed by atoms with Crippen LogP contribution >= 0.6 is 11.6 Å². The number of carbonyl (C=O) groups excluding carboxylic acids is 1. The number of carbonyl (C=O) groups is 1. The van der Waals surface area contributed by atoms with E-state index in [4.69, 9.17) is 21.1 Å². The van der Waals surface area contributed by atoms with Crippen LogP contribution in [0.1, 0.15) is 6.92 Å². The van der Waals surface area contributed by atoms with E-state index in [9.17, 15) is 4.79 Å². The molecule has 0 aliphatic carbocycles. The average Bonchev–Trinajstić information content (AvgIpc) is 2.73. The van der Waals surface area contributed by atoms with Gasteiger partial charge in [0.05, 0.1) is 25.9 Å². The van der Waals surface area contributed by atoms with Gasteiger partial charge in [-0.05, 0) is 37.3 Å². The van der Waals surface area contributed by atoms with Crippen LogP contribution in [0.5, 0.6) is 11.5 Å². The molecule has 0 aromatic heterocycles. The van der Waals surface area contributed by atoms with Crippen molar-refractivity contribution in [2.24, 2.45) is 0 Å². The molecule has 1 N–H and O–H groups in total. The van der Waals surface area contributed by atoms with Crippen molar-refractivity contribution in [1.29, 1.82) is 0 Å². The zero-order valence-electron chi connectivity index (χ0n) is 16.4. The summed E-state index contributed by atoms with van der Waals surface area (Å²) in [4.78, 5) is 17.2. The van der Waals surface area contributed by atoms with Gasteiger partial charge in [-0.1, -0.05) is 17.7 Å². The van der Waals surface area contributed by atoms with Crippen LogP contribution in [0.3, 0.4) is 0 Å². The molecule has 0 unspecified atom stereocenters. The Morgan fingerprint density at radius 1 is 1.07 bits per heavy atom. The van der Waals surface area contributed by atoms with Gasteiger partial charge in [-0.2, -0.15) is 0 Å². The summed E-state index contributed by atoms with van der Waals surface area (Å²) in [5, 5.41) is 3.49. The van der Waals surface area contributed by atoms with Gasteiger partial charge in [-0.25, -0.2) is 0 Å². The first kappa shape index (κ1) is 20.3. The number of hydrogen-bond donors (Lipinski definition) is 1. The van der Waals surface area contributed by atoms with Gasteiger partial charge in [0.15, 0.2) is 0 Å². The molecule has 1 heterocycles. The van der Waals surface area contributed by atoms with E-state index in [1.54, 1.807) is 32.4 Å². The average molecular weight is 404 g/mol. The lowest BCUT2D eigenvalue weighted by Gasteiger charge is -2.38. The molecule has 1 saturated heterocycles. The second-order valence-electron chi connectivity index (χ2n) is 6.73. The molecule has 0 spiro atoms. The van der Waals surface area contributed by atoms with E-state index in [0.717, 1.165) is 37.6 Å². The summed E-state index contributed by atoms with van der Waals surface area (Å²) in [5.41, 5.74) is 1.72. The number of anilines is 2. The predicted octanol–water partition coefficient (Wildman–Crippen LogP) is 3.51. The molecule has 1 aliphatic heterocycles. The minimum atomic E-state index is -0.254. The Morgan fingerprint density at radius 2 is 1.82 bits per heavy atom. The number of amides is 1. The summed E-state index contributed by atoms with van der Waals surface area (Å²) in [7, 11) is 3.24. The molecular formula is C21H26ClN3O3. The Kier molecular flexibility index (Phi) is 6.65. The topological polar surface area (TPSA) is 54.0 Å². The lowest BCUT2D eigenvalue weighted by Crippen LogP contribution is -2.52. The Balaban J connectivity index is 1.59. The minimum Gasteiger partial charge on any atom is -0.497 e. The summed E-state index contributed by atoms with van der Waals surface area (Å²) >= 11 is 6.05. The van der Waals surface area contributed by atoms with Crippen LogP contribution in [0.15, 0.2) is 42.5 Å². The van der Waals surface area contributed by atoms with Crippen molar-refractivity contribution in [3.63, 3.8) is 0 Å². The number of methoxy groups -OCH3 is 2. The van der Waals surface area contributed by atoms with E-state index in [1.165, 1.54) is 0 Å². The SMILES string of the molecule is COc1cccc(N2CCN([C@@H](C)C(=O)Nc3cc(Cl)ccc3OC)CC2)c1. The third kappa shape index (κ3) is 4.69. The molecular weight excluding hydrogens is 378 g/mol. The first-order valence-corrected chi connectivity index (χ1v) is 9.67. The second-order valence-corrected chi connectivity index (χ2v) is 7.17. The Bertz CT molecular complexity index is 822. The molecule has 0 saturated carbocycles. The molecule has 150 valence electrons. The molecule has 1 fully saturated rings. The van der Waals surface area contributed by atoms with Gasteiger partial charge in [0.1, 0.15) is 11.5 Å². The van der Waals surface area contributed by atoms with E-state index < -0.39 is 0 Å². The minimum absolute atomic E-state index is 0.0737. The maximum Gasteiger partial charge on any atom is 0.241 e. The molecule has 1 atom stereocenters. The number of piperazine rings is 1. The fourth-order valence-electron chi connectivity index (χ4n) is 3.36. The van der Waals surface area contributed by atoms with Crippen molar-refractivity contribution in [2.45, 2.75) is 13.0 Å². The van der Waals surface area contributed by atoms with Crippen molar-refractivity contribution in [3.05, 3.63) is 47.5 Å². The normalized spacial score (nSPS) is 15.8. The van der Waals surface area contributed by atoms with E-state index in [-0.39, 0.29) is 11.9 Å². The number of ether oxygens (including phenoxy) is 2. The van der Waals surface area contributed by atoms with E-state index in [2.05, 4.69) is 21.2 Å². The van der Waals surface area contributed by atoms with Gasteiger partial charge >= 0.3 is 0 Å². The first-order chi connectivity index (χ1) is 13.5. The zero-order chi connectivity index (χ0) is 20.1. The largest absolute Gasteiger partial charge is 0.497 e. The third-order valence-electron chi connectivity index (χ3n) is 5.08. The number of rotatable bonds is 6. The molecule has 28 heavy (non-hydrogen) atoms. The molecule has 2 aromatic rings. The molecule has 7 heteroatoms. The Labute approximate surface area is 171 Å². The molecule has 1 amide bonds. The van der Waals surface area contributed by atoms with Crippen LogP contribution in [0, 0.1) is 0 Å². The highest BCUT2D eigenvalue weighted by Crippen LogP contribution is 2.28. The molecule has 0 radical (unpaired) electrons. The summed E-state index contributed by atoms with van der Waals surface area (Å²) in [5.74, 6) is 1.37. The van der Waals surface area contributed by atoms with Crippen molar-refractivity contribution in [2.75, 3.05) is 50.6 Å². The van der Waals surface area contributed by atoms with Crippen molar-refractivity contribution < 1.29 is 14.3 Å². The smallest absolute Gasteiger partial charge is 0.241 e. The highest BCUT2D eigenvalue weighted by molar-refractivity contribution is 6.31. The van der Waals surface area contributed by atoms with Gasteiger partial charge in [-0.15, -0.1) is 0 Å². The molecule has 0 bridgehead atoms. The highest BCUT2D eigenvalue weighted by atomic mass is 35.5. The van der Waals surface area contributed by atoms with Gasteiger partial charge in [0, 0.05) is 43.0 Å². The first-order valence-electron chi connectivity index (χ1n) is 9.29. The van der Waals surface area contributed by atoms with Crippen LogP contribution in [0.4, 0.5) is 11.4 Å². The summed E-state index contributed by atoms with van der Waals surface area (Å²) in [6.07, 6.45) is 0. The number of hydrogen-bond acceptors (Lipinski definition) is 5. The predicted molar refractivity (Wildman–Crippen MR) is 113 cm³/mol. The quantitative estimate of drug-likeness (QED) is 0.799. The standard InChI is InChI=1S/C21H26ClN3O3/c1-15(21(26)23-19-13-16(22)7-8-20(19)28-3)24-9-11-25(12-10-24)17-5-4-6-18(14-17)27-2/h4-8,13-15H,9-12H2,1-3H3,(H,23,26)/t15-/m0/s1. The summed E-state index contributed by atoms with van der Waals surface area (Å²) < 4.78 is 10.6. The highest BCUT2D eigenvalue weighted by Gasteiger charge is 2.26. The monoisotopic (exact) mass is 403 g/mol. The Hall–Kier alpha value is -2.44. The van der Waals surface area contributed by atoms with Crippen LogP contribution in [-0.2, 0) is 4.79 Å². The van der Waals surface area contributed by atoms with E-state index in [1.807, 2.05) is 25.1 Å². The maximum atomic E-state index is 12.7. The van der Waals surface area contributed by atoms with E-state index in [0.29, 0.717) is 16.5 Å². The van der Waals surface area contributed by atoms with E-state index >= 15 is 0 Å². The fourth-order valence-corrected chi connectivity index (χ4v) is 3.53. The van der Waals surface area contributed by atoms with Gasteiger partial charge in [0.25, 0.3) is 0 Å². The molecule has 3 rings (SSSR count). The van der Waals surface area contributed by atoms with Crippen molar-refractivity contribution >= 4 is 28.9 Å². The number of benzene rings is 2. The number of halogens is 1. The fraction of sp³-hybridized carbons (Fsp3) is 0.381. The van der Waals surface area contributed by atoms with Crippen LogP contribution in [0.25, 0.3) is 0 Å². The third-order valence-corrected chi connectivity index (χ3v) is 5.31. The number of nitrogens with one attached hydrogen (secondary N) is 1. The number of nitrogens with zero attached hydrogens (tertiary/aromatic N) is 2.